The van der Waals surface area contributed by atoms with Crippen LogP contribution in [-0.4, -0.2) is 39.5 Å². The van der Waals surface area contributed by atoms with Crippen LogP contribution in [-0.2, 0) is 35.4 Å². The first-order valence-electron chi connectivity index (χ1n) is 12.6. The van der Waals surface area contributed by atoms with E-state index in [1.165, 1.54) is 48.5 Å². The average Bonchev–Trinajstić information content (AvgIpc) is 2.95. The number of carbonyl (C=O) groups is 3. The highest BCUT2D eigenvalue weighted by Gasteiger charge is 2.18. The molecule has 0 fully saturated rings. The van der Waals surface area contributed by atoms with Gasteiger partial charge in [-0.2, -0.15) is 0 Å². The van der Waals surface area contributed by atoms with E-state index in [4.69, 9.17) is 18.9 Å². The Labute approximate surface area is 233 Å². The molecule has 0 bridgehead atoms. The summed E-state index contributed by atoms with van der Waals surface area (Å²) in [5.41, 5.74) is 0.898. The highest BCUT2D eigenvalue weighted by molar-refractivity contribution is 7.91. The van der Waals surface area contributed by atoms with Crippen LogP contribution in [0.4, 0.5) is 0 Å². The molecule has 3 rings (SSSR count). The SMILES string of the molecule is C=CC(=O)OCCOc1ccc(CCC(=O)Oc2ccc(S(=O)(=O)c3ccc(OC(=O)CCC)cc3)cc2)cc1. The summed E-state index contributed by atoms with van der Waals surface area (Å²) in [4.78, 5) is 35.0. The number of hydrogen-bond acceptors (Lipinski definition) is 9. The number of aryl methyl sites for hydroxylation is 1. The molecular formula is C30H30O9S. The standard InChI is InChI=1S/C30H30O9S/c1-3-5-29(32)38-24-11-15-26(16-12-24)40(34,35)27-17-13-25(14-18-27)39-30(33)19-8-22-6-9-23(10-7-22)36-20-21-37-28(31)4-2/h4,6-7,9-18H,2-3,5,8,19-21H2,1H3. The van der Waals surface area contributed by atoms with Gasteiger partial charge in [-0.3, -0.25) is 9.59 Å². The van der Waals surface area contributed by atoms with E-state index in [-0.39, 0.29) is 53.3 Å². The number of carbonyl (C=O) groups excluding carboxylic acids is 3. The summed E-state index contributed by atoms with van der Waals surface area (Å²) in [7, 11) is -3.82. The molecule has 10 heteroatoms. The molecule has 0 heterocycles. The van der Waals surface area contributed by atoms with Crippen LogP contribution in [0.3, 0.4) is 0 Å². The van der Waals surface area contributed by atoms with Crippen molar-refractivity contribution >= 4 is 27.7 Å². The molecule has 0 atom stereocenters. The van der Waals surface area contributed by atoms with Crippen LogP contribution < -0.4 is 14.2 Å². The summed E-state index contributed by atoms with van der Waals surface area (Å²) < 4.78 is 46.7. The monoisotopic (exact) mass is 566 g/mol. The highest BCUT2D eigenvalue weighted by Crippen LogP contribution is 2.25. The summed E-state index contributed by atoms with van der Waals surface area (Å²) in [6.07, 6.45) is 2.57. The average molecular weight is 567 g/mol. The van der Waals surface area contributed by atoms with Gasteiger partial charge in [0.15, 0.2) is 0 Å². The van der Waals surface area contributed by atoms with Crippen LogP contribution in [0.25, 0.3) is 0 Å². The topological polar surface area (TPSA) is 122 Å². The Kier molecular flexibility index (Phi) is 11.0. The van der Waals surface area contributed by atoms with Crippen molar-refractivity contribution < 1.29 is 41.7 Å². The minimum absolute atomic E-state index is 0.0317. The first-order chi connectivity index (χ1) is 19.2. The Bertz CT molecular complexity index is 1410. The van der Waals surface area contributed by atoms with Gasteiger partial charge in [0.25, 0.3) is 0 Å². The molecule has 0 amide bonds. The van der Waals surface area contributed by atoms with Gasteiger partial charge < -0.3 is 18.9 Å². The smallest absolute Gasteiger partial charge is 0.330 e. The molecule has 0 aliphatic carbocycles. The molecule has 0 saturated carbocycles. The van der Waals surface area contributed by atoms with Crippen LogP contribution >= 0.6 is 0 Å². The number of rotatable bonds is 14. The Balaban J connectivity index is 1.48. The van der Waals surface area contributed by atoms with Gasteiger partial charge in [0.2, 0.25) is 9.84 Å². The van der Waals surface area contributed by atoms with Gasteiger partial charge in [-0.15, -0.1) is 0 Å². The summed E-state index contributed by atoms with van der Waals surface area (Å²) in [5.74, 6) is -0.263. The van der Waals surface area contributed by atoms with Crippen LogP contribution in [0.1, 0.15) is 31.7 Å². The second-order valence-corrected chi connectivity index (χ2v) is 10.5. The summed E-state index contributed by atoms with van der Waals surface area (Å²) >= 11 is 0. The number of hydrogen-bond donors (Lipinski definition) is 0. The molecule has 0 spiro atoms. The van der Waals surface area contributed by atoms with Gasteiger partial charge in [0.05, 0.1) is 9.79 Å². The maximum Gasteiger partial charge on any atom is 0.330 e. The number of benzene rings is 3. The number of esters is 3. The van der Waals surface area contributed by atoms with Gasteiger partial charge in [-0.1, -0.05) is 25.6 Å². The minimum Gasteiger partial charge on any atom is -0.490 e. The Hall–Kier alpha value is -4.44. The lowest BCUT2D eigenvalue weighted by atomic mass is 10.1. The molecule has 0 saturated heterocycles. The molecule has 3 aromatic carbocycles. The van der Waals surface area contributed by atoms with Crippen molar-refractivity contribution in [1.82, 2.24) is 0 Å². The lowest BCUT2D eigenvalue weighted by Crippen LogP contribution is -2.10. The van der Waals surface area contributed by atoms with Crippen molar-refractivity contribution in [3.63, 3.8) is 0 Å². The van der Waals surface area contributed by atoms with E-state index in [9.17, 15) is 22.8 Å². The van der Waals surface area contributed by atoms with Crippen molar-refractivity contribution in [3.8, 4) is 17.2 Å². The largest absolute Gasteiger partial charge is 0.490 e. The summed E-state index contributed by atoms with van der Waals surface area (Å²) in [6.45, 7) is 5.48. The molecule has 9 nitrogen and oxygen atoms in total. The van der Waals surface area contributed by atoms with E-state index in [2.05, 4.69) is 6.58 Å². The van der Waals surface area contributed by atoms with E-state index < -0.39 is 21.8 Å². The molecule has 0 aliphatic heterocycles. The van der Waals surface area contributed by atoms with E-state index in [0.717, 1.165) is 11.6 Å². The van der Waals surface area contributed by atoms with Crippen LogP contribution in [0.2, 0.25) is 0 Å². The molecule has 0 aromatic heterocycles. The van der Waals surface area contributed by atoms with Crippen molar-refractivity contribution in [3.05, 3.63) is 91.0 Å². The van der Waals surface area contributed by atoms with Gasteiger partial charge in [0.1, 0.15) is 30.5 Å². The zero-order chi connectivity index (χ0) is 29.0. The summed E-state index contributed by atoms with van der Waals surface area (Å²) in [6, 6.07) is 18.3. The fourth-order valence-electron chi connectivity index (χ4n) is 3.44. The van der Waals surface area contributed by atoms with Crippen LogP contribution in [0.15, 0.2) is 95.2 Å². The van der Waals surface area contributed by atoms with Crippen molar-refractivity contribution in [2.24, 2.45) is 0 Å². The molecule has 210 valence electrons. The second-order valence-electron chi connectivity index (χ2n) is 8.51. The van der Waals surface area contributed by atoms with Crippen molar-refractivity contribution in [2.45, 2.75) is 42.4 Å². The second kappa shape index (κ2) is 14.6. The highest BCUT2D eigenvalue weighted by atomic mass is 32.2. The minimum atomic E-state index is -3.82. The first kappa shape index (κ1) is 30.1. The predicted octanol–water partition coefficient (Wildman–Crippen LogP) is 4.87. The molecular weight excluding hydrogens is 536 g/mol. The lowest BCUT2D eigenvalue weighted by molar-refractivity contribution is -0.138. The third-order valence-corrected chi connectivity index (χ3v) is 7.28. The fourth-order valence-corrected chi connectivity index (χ4v) is 4.70. The number of ether oxygens (including phenoxy) is 4. The van der Waals surface area contributed by atoms with Crippen molar-refractivity contribution in [2.75, 3.05) is 13.2 Å². The molecule has 0 radical (unpaired) electrons. The van der Waals surface area contributed by atoms with E-state index in [0.29, 0.717) is 18.6 Å². The zero-order valence-electron chi connectivity index (χ0n) is 22.0. The van der Waals surface area contributed by atoms with E-state index in [1.807, 2.05) is 19.1 Å². The fraction of sp³-hybridized carbons (Fsp3) is 0.233. The Morgan fingerprint density at radius 2 is 1.23 bits per heavy atom. The quantitative estimate of drug-likeness (QED) is 0.116. The Morgan fingerprint density at radius 3 is 1.73 bits per heavy atom. The lowest BCUT2D eigenvalue weighted by Gasteiger charge is -2.09. The predicted molar refractivity (Wildman–Crippen MR) is 146 cm³/mol. The third kappa shape index (κ3) is 9.09. The van der Waals surface area contributed by atoms with Crippen molar-refractivity contribution in [1.29, 1.82) is 0 Å². The van der Waals surface area contributed by atoms with Gasteiger partial charge >= 0.3 is 17.9 Å². The van der Waals surface area contributed by atoms with E-state index in [1.54, 1.807) is 12.1 Å². The molecule has 0 aliphatic rings. The normalized spacial score (nSPS) is 10.8. The van der Waals surface area contributed by atoms with E-state index >= 15 is 0 Å². The number of sulfone groups is 1. The third-order valence-electron chi connectivity index (χ3n) is 5.49. The molecule has 0 N–H and O–H groups in total. The molecule has 3 aromatic rings. The van der Waals surface area contributed by atoms with Gasteiger partial charge in [-0.25, -0.2) is 13.2 Å². The maximum atomic E-state index is 13.0. The van der Waals surface area contributed by atoms with Crippen LogP contribution in [0.5, 0.6) is 17.2 Å². The molecule has 0 unspecified atom stereocenters. The first-order valence-corrected chi connectivity index (χ1v) is 14.1. The Morgan fingerprint density at radius 1 is 0.725 bits per heavy atom. The van der Waals surface area contributed by atoms with Gasteiger partial charge in [0, 0.05) is 18.9 Å². The zero-order valence-corrected chi connectivity index (χ0v) is 22.9. The summed E-state index contributed by atoms with van der Waals surface area (Å²) in [5, 5.41) is 0. The van der Waals surface area contributed by atoms with Gasteiger partial charge in [-0.05, 0) is 79.1 Å². The molecule has 40 heavy (non-hydrogen) atoms. The maximum absolute atomic E-state index is 13.0. The van der Waals surface area contributed by atoms with Crippen LogP contribution in [0, 0.1) is 0 Å².